The lowest BCUT2D eigenvalue weighted by Crippen LogP contribution is -0.382. The lowest BCUT2D eigenvalue weighted by atomic mass is 16.0. The summed E-state index contributed by atoms with van der Waals surface area (Å²) in [5, 5.41) is 0. The summed E-state index contributed by atoms with van der Waals surface area (Å²) in [7, 11) is 0. The molecule has 0 fully saturated rings. The first kappa shape index (κ1) is 839. The van der Waals surface area contributed by atoms with E-state index in [-0.39, 0.29) is 98.3 Å². The van der Waals surface area contributed by atoms with Crippen LogP contribution >= 0.6 is 19.8 Å². The zero-order valence-electron chi connectivity index (χ0n) is 6.57. The van der Waals surface area contributed by atoms with Crippen molar-refractivity contribution < 1.29 is 43.8 Å². The molecule has 0 saturated carbocycles. The van der Waals surface area contributed by atoms with Crippen molar-refractivity contribution in [1.29, 1.82) is 0 Å². The first-order chi connectivity index (χ1) is 0. The number of rotatable bonds is 0. The van der Waals surface area contributed by atoms with Gasteiger partial charge in [-0.1, -0.05) is 0 Å². The van der Waals surface area contributed by atoms with E-state index in [2.05, 4.69) is 0 Å². The van der Waals surface area contributed by atoms with Crippen molar-refractivity contribution in [2.75, 3.05) is 0 Å². The molecule has 0 aromatic rings. The van der Waals surface area contributed by atoms with Gasteiger partial charge in [0, 0.05) is 34.7 Å². The molecule has 16 N–H and O–H groups in total. The van der Waals surface area contributed by atoms with Gasteiger partial charge in [-0.3, -0.25) is 0 Å². The van der Waals surface area contributed by atoms with Crippen molar-refractivity contribution in [3.63, 3.8) is 0 Å². The molecular formula is H22Al2O8P2. The maximum atomic E-state index is 0. The maximum Gasteiger partial charge on any atom is 0 e. The van der Waals surface area contributed by atoms with Gasteiger partial charge in [0.1, 0.15) is 0 Å². The monoisotopic (exact) mass is 266 g/mol. The minimum absolute atomic E-state index is 0. The molecule has 2 unspecified atom stereocenters. The van der Waals surface area contributed by atoms with Crippen LogP contribution in [0.4, 0.5) is 0 Å². The molecule has 0 amide bonds. The van der Waals surface area contributed by atoms with Gasteiger partial charge in [0.05, 0.1) is 0 Å². The summed E-state index contributed by atoms with van der Waals surface area (Å²) < 4.78 is 0. The molecule has 2 atom stereocenters. The van der Waals surface area contributed by atoms with Crippen LogP contribution in [0.5, 0.6) is 0 Å². The fourth-order valence-electron chi connectivity index (χ4n) is 0. The number of hydrogen-bond donors (Lipinski definition) is 0. The summed E-state index contributed by atoms with van der Waals surface area (Å²) in [6.07, 6.45) is 0. The SMILES string of the molecule is O.O.O.O.O.O.O.O.P.P.[Al].[Al]. The molecular weight excluding hydrogens is 244 g/mol. The van der Waals surface area contributed by atoms with E-state index >= 15 is 0 Å². The van der Waals surface area contributed by atoms with E-state index in [9.17, 15) is 0 Å². The predicted molar refractivity (Wildman–Crippen MR) is 62.6 cm³/mol. The Morgan fingerprint density at radius 3 is 0.250 bits per heavy atom. The molecule has 86 valence electrons. The van der Waals surface area contributed by atoms with E-state index in [0.717, 1.165) is 0 Å². The van der Waals surface area contributed by atoms with Gasteiger partial charge in [-0.25, -0.2) is 0 Å². The fourth-order valence-corrected chi connectivity index (χ4v) is 0. The van der Waals surface area contributed by atoms with Crippen LogP contribution in [0.15, 0.2) is 0 Å². The molecule has 0 aliphatic heterocycles. The Balaban J connectivity index is 0. The highest BCUT2D eigenvalue weighted by atomic mass is 31.0. The van der Waals surface area contributed by atoms with E-state index in [4.69, 9.17) is 0 Å². The van der Waals surface area contributed by atoms with E-state index < -0.39 is 0 Å². The van der Waals surface area contributed by atoms with Crippen LogP contribution < -0.4 is 0 Å². The van der Waals surface area contributed by atoms with Crippen LogP contribution in [0.2, 0.25) is 0 Å². The highest BCUT2D eigenvalue weighted by molar-refractivity contribution is 6.92. The molecule has 6 radical (unpaired) electrons. The largest absolute Gasteiger partial charge is 0.412 e. The normalized spacial score (nSPS) is 0. The van der Waals surface area contributed by atoms with Crippen LogP contribution in [-0.2, 0) is 0 Å². The average molecular weight is 266 g/mol. The van der Waals surface area contributed by atoms with Crippen molar-refractivity contribution in [1.82, 2.24) is 0 Å². The molecule has 0 rings (SSSR count). The van der Waals surface area contributed by atoms with Crippen LogP contribution in [0, 0.1) is 0 Å². The van der Waals surface area contributed by atoms with E-state index in [1.165, 1.54) is 0 Å². The minimum Gasteiger partial charge on any atom is -0.412 e. The fraction of sp³-hybridized carbons (Fsp3) is 0. The zero-order valence-corrected chi connectivity index (χ0v) is 11.7. The first-order valence-corrected chi connectivity index (χ1v) is 0. The highest BCUT2D eigenvalue weighted by Gasteiger charge is 0.00107. The summed E-state index contributed by atoms with van der Waals surface area (Å²) in [6, 6.07) is 0. The quantitative estimate of drug-likeness (QED) is 0.292. The van der Waals surface area contributed by atoms with Crippen LogP contribution in [-0.4, -0.2) is 78.5 Å². The van der Waals surface area contributed by atoms with Crippen LogP contribution in [0.3, 0.4) is 0 Å². The van der Waals surface area contributed by atoms with Crippen molar-refractivity contribution >= 4 is 54.5 Å². The van der Waals surface area contributed by atoms with Crippen molar-refractivity contribution in [3.8, 4) is 0 Å². The topological polar surface area (TPSA) is 252 Å². The third kappa shape index (κ3) is 507. The minimum atomic E-state index is 0. The highest BCUT2D eigenvalue weighted by Crippen LogP contribution is 0.862. The Bertz CT molecular complexity index is 15.0. The van der Waals surface area contributed by atoms with Crippen LogP contribution in [0.1, 0.15) is 0 Å². The zero-order chi connectivity index (χ0) is 0. The standard InChI is InChI=1S/2Al.8H2O.2H3P/h;;8*1H2;2*1H3. The second kappa shape index (κ2) is 659. The Kier molecular flexibility index (Phi) is 46100. The number of hydrogen-bond acceptors (Lipinski definition) is 0. The van der Waals surface area contributed by atoms with E-state index in [0.29, 0.717) is 0 Å². The molecule has 0 spiro atoms. The van der Waals surface area contributed by atoms with Gasteiger partial charge in [0.2, 0.25) is 0 Å². The molecule has 0 saturated heterocycles. The van der Waals surface area contributed by atoms with Gasteiger partial charge in [-0.05, 0) is 0 Å². The van der Waals surface area contributed by atoms with Gasteiger partial charge in [0.25, 0.3) is 0 Å². The van der Waals surface area contributed by atoms with Gasteiger partial charge in [0.15, 0.2) is 0 Å². The lowest BCUT2D eigenvalue weighted by molar-refractivity contribution is 0.823. The molecule has 12 heavy (non-hydrogen) atoms. The Morgan fingerprint density at radius 1 is 0.250 bits per heavy atom. The molecule has 12 heteroatoms. The van der Waals surface area contributed by atoms with Gasteiger partial charge in [-0.15, -0.1) is 0 Å². The molecule has 0 aliphatic rings. The van der Waals surface area contributed by atoms with Crippen molar-refractivity contribution in [2.24, 2.45) is 0 Å². The smallest absolute Gasteiger partial charge is 0 e. The Morgan fingerprint density at radius 2 is 0.250 bits per heavy atom. The molecule has 0 aromatic heterocycles. The van der Waals surface area contributed by atoms with Crippen LogP contribution in [0.25, 0.3) is 0 Å². The van der Waals surface area contributed by atoms with Crippen molar-refractivity contribution in [3.05, 3.63) is 0 Å². The van der Waals surface area contributed by atoms with Gasteiger partial charge in [-0.2, -0.15) is 19.8 Å². The summed E-state index contributed by atoms with van der Waals surface area (Å²) in [4.78, 5) is 0. The Hall–Kier alpha value is 1.60. The summed E-state index contributed by atoms with van der Waals surface area (Å²) in [5.74, 6) is 0. The second-order valence-corrected chi connectivity index (χ2v) is 0. The molecule has 8 nitrogen and oxygen atoms in total. The second-order valence-electron chi connectivity index (χ2n) is 0. The van der Waals surface area contributed by atoms with Gasteiger partial charge >= 0.3 is 0 Å². The summed E-state index contributed by atoms with van der Waals surface area (Å²) >= 11 is 0. The molecule has 0 bridgehead atoms. The first-order valence-electron chi connectivity index (χ1n) is 0. The van der Waals surface area contributed by atoms with Gasteiger partial charge < -0.3 is 43.8 Å². The van der Waals surface area contributed by atoms with E-state index in [1.807, 2.05) is 0 Å². The Labute approximate surface area is 98.5 Å². The molecule has 0 aliphatic carbocycles. The third-order valence-electron chi connectivity index (χ3n) is 0. The average Bonchev–Trinajstić information content (AvgIpc) is 0. The van der Waals surface area contributed by atoms with Crippen molar-refractivity contribution in [2.45, 2.75) is 0 Å². The summed E-state index contributed by atoms with van der Waals surface area (Å²) in [5.41, 5.74) is 0. The predicted octanol–water partition coefficient (Wildman–Crippen LogP) is -7.24. The molecule has 0 aromatic carbocycles. The molecule has 0 heterocycles. The third-order valence-corrected chi connectivity index (χ3v) is 0. The van der Waals surface area contributed by atoms with E-state index in [1.54, 1.807) is 0 Å². The lowest BCUT2D eigenvalue weighted by Gasteiger charge is -0.413. The maximum absolute atomic E-state index is 0. The summed E-state index contributed by atoms with van der Waals surface area (Å²) in [6.45, 7) is 0.